The van der Waals surface area contributed by atoms with Crippen LogP contribution in [-0.4, -0.2) is 10.9 Å². The second-order valence-corrected chi connectivity index (χ2v) is 3.05. The van der Waals surface area contributed by atoms with Crippen LogP contribution < -0.4 is 16.1 Å². The SMILES string of the molecule is CC1(C(N)=O)NOc2ncccc21. The molecular weight excluding hydrogens is 170 g/mol. The normalized spacial score (nSPS) is 25.0. The topological polar surface area (TPSA) is 77.2 Å². The molecule has 2 heterocycles. The Bertz CT molecular complexity index is 366. The second kappa shape index (κ2) is 2.43. The van der Waals surface area contributed by atoms with Crippen molar-refractivity contribution in [2.24, 2.45) is 5.73 Å². The van der Waals surface area contributed by atoms with E-state index in [1.54, 1.807) is 25.3 Å². The van der Waals surface area contributed by atoms with E-state index in [2.05, 4.69) is 10.5 Å². The number of hydroxylamine groups is 1. The summed E-state index contributed by atoms with van der Waals surface area (Å²) in [6, 6.07) is 3.49. The largest absolute Gasteiger partial charge is 0.387 e. The Morgan fingerprint density at radius 1 is 1.77 bits per heavy atom. The molecule has 1 aliphatic heterocycles. The van der Waals surface area contributed by atoms with Gasteiger partial charge in [0, 0.05) is 11.8 Å². The molecule has 1 aliphatic rings. The summed E-state index contributed by atoms with van der Waals surface area (Å²) >= 11 is 0. The third-order valence-electron chi connectivity index (χ3n) is 2.15. The quantitative estimate of drug-likeness (QED) is 0.619. The molecule has 0 saturated carbocycles. The van der Waals surface area contributed by atoms with Gasteiger partial charge < -0.3 is 10.6 Å². The first-order chi connectivity index (χ1) is 6.14. The highest BCUT2D eigenvalue weighted by molar-refractivity contribution is 5.86. The minimum absolute atomic E-state index is 0.406. The molecule has 0 radical (unpaired) electrons. The number of aromatic nitrogens is 1. The Balaban J connectivity index is 2.55. The van der Waals surface area contributed by atoms with Gasteiger partial charge in [-0.25, -0.2) is 4.98 Å². The molecule has 2 rings (SSSR count). The van der Waals surface area contributed by atoms with Crippen molar-refractivity contribution in [3.8, 4) is 5.88 Å². The van der Waals surface area contributed by atoms with Crippen molar-refractivity contribution in [3.63, 3.8) is 0 Å². The zero-order valence-electron chi connectivity index (χ0n) is 7.07. The summed E-state index contributed by atoms with van der Waals surface area (Å²) in [6.45, 7) is 1.66. The van der Waals surface area contributed by atoms with Gasteiger partial charge in [0.25, 0.3) is 0 Å². The van der Waals surface area contributed by atoms with E-state index in [9.17, 15) is 4.79 Å². The van der Waals surface area contributed by atoms with Crippen LogP contribution in [0.4, 0.5) is 0 Å². The van der Waals surface area contributed by atoms with Crippen LogP contribution in [0.25, 0.3) is 0 Å². The van der Waals surface area contributed by atoms with E-state index in [0.717, 1.165) is 0 Å². The lowest BCUT2D eigenvalue weighted by atomic mass is 9.94. The minimum Gasteiger partial charge on any atom is -0.387 e. The molecule has 1 aromatic heterocycles. The summed E-state index contributed by atoms with van der Waals surface area (Å²) in [5, 5.41) is 0. The molecule has 1 atom stereocenters. The first kappa shape index (κ1) is 8.00. The molecule has 5 heteroatoms. The molecule has 0 aromatic carbocycles. The Kier molecular flexibility index (Phi) is 1.50. The molecule has 1 aromatic rings. The van der Waals surface area contributed by atoms with Crippen molar-refractivity contribution in [2.75, 3.05) is 0 Å². The number of rotatable bonds is 1. The highest BCUT2D eigenvalue weighted by Gasteiger charge is 2.42. The van der Waals surface area contributed by atoms with Crippen molar-refractivity contribution in [2.45, 2.75) is 12.5 Å². The number of primary amides is 1. The highest BCUT2D eigenvalue weighted by Crippen LogP contribution is 2.32. The van der Waals surface area contributed by atoms with E-state index < -0.39 is 11.4 Å². The summed E-state index contributed by atoms with van der Waals surface area (Å²) in [4.78, 5) is 20.1. The third kappa shape index (κ3) is 0.972. The van der Waals surface area contributed by atoms with Crippen LogP contribution >= 0.6 is 0 Å². The number of pyridine rings is 1. The fourth-order valence-corrected chi connectivity index (χ4v) is 1.24. The third-order valence-corrected chi connectivity index (χ3v) is 2.15. The molecule has 0 aliphatic carbocycles. The molecule has 0 fully saturated rings. The monoisotopic (exact) mass is 179 g/mol. The van der Waals surface area contributed by atoms with Crippen molar-refractivity contribution >= 4 is 5.91 Å². The predicted molar refractivity (Wildman–Crippen MR) is 44.5 cm³/mol. The van der Waals surface area contributed by atoms with Gasteiger partial charge in [0.2, 0.25) is 11.8 Å². The van der Waals surface area contributed by atoms with E-state index in [1.165, 1.54) is 0 Å². The molecule has 1 unspecified atom stereocenters. The van der Waals surface area contributed by atoms with Gasteiger partial charge in [-0.1, -0.05) is 0 Å². The molecule has 5 nitrogen and oxygen atoms in total. The summed E-state index contributed by atoms with van der Waals surface area (Å²) in [5.74, 6) is -0.0805. The van der Waals surface area contributed by atoms with Crippen LogP contribution in [0, 0.1) is 0 Å². The minimum atomic E-state index is -0.969. The number of hydrogen-bond acceptors (Lipinski definition) is 4. The molecule has 3 N–H and O–H groups in total. The predicted octanol–water partition coefficient (Wildman–Crippen LogP) is -0.321. The number of fused-ring (bicyclic) bond motifs is 1. The number of nitrogens with zero attached hydrogens (tertiary/aromatic N) is 1. The maximum absolute atomic E-state index is 11.1. The lowest BCUT2D eigenvalue weighted by molar-refractivity contribution is -0.126. The summed E-state index contributed by atoms with van der Waals surface area (Å²) in [6.07, 6.45) is 1.59. The molecule has 68 valence electrons. The van der Waals surface area contributed by atoms with Gasteiger partial charge in [0.15, 0.2) is 5.54 Å². The molecular formula is C8H9N3O2. The molecule has 0 saturated heterocycles. The van der Waals surface area contributed by atoms with Crippen LogP contribution in [0.2, 0.25) is 0 Å². The maximum atomic E-state index is 11.1. The zero-order valence-corrected chi connectivity index (χ0v) is 7.07. The van der Waals surface area contributed by atoms with E-state index in [0.29, 0.717) is 11.4 Å². The van der Waals surface area contributed by atoms with Gasteiger partial charge in [0.1, 0.15) is 0 Å². The summed E-state index contributed by atoms with van der Waals surface area (Å²) < 4.78 is 0. The Morgan fingerprint density at radius 3 is 3.23 bits per heavy atom. The number of amides is 1. The smallest absolute Gasteiger partial charge is 0.245 e. The molecule has 0 bridgehead atoms. The number of hydrogen-bond donors (Lipinski definition) is 2. The van der Waals surface area contributed by atoms with Gasteiger partial charge in [-0.05, 0) is 19.1 Å². The number of nitrogens with two attached hydrogens (primary N) is 1. The van der Waals surface area contributed by atoms with Gasteiger partial charge in [-0.15, -0.1) is 5.48 Å². The van der Waals surface area contributed by atoms with Crippen molar-refractivity contribution in [1.29, 1.82) is 0 Å². The first-order valence-electron chi connectivity index (χ1n) is 3.84. The standard InChI is InChI=1S/C8H9N3O2/c1-8(7(9)12)5-3-2-4-10-6(5)13-11-8/h2-4,11H,1H3,(H2,9,12). The Morgan fingerprint density at radius 2 is 2.54 bits per heavy atom. The van der Waals surface area contributed by atoms with E-state index in [-0.39, 0.29) is 0 Å². The van der Waals surface area contributed by atoms with Crippen LogP contribution in [0.15, 0.2) is 18.3 Å². The fraction of sp³-hybridized carbons (Fsp3) is 0.250. The van der Waals surface area contributed by atoms with Gasteiger partial charge in [0.05, 0.1) is 0 Å². The lowest BCUT2D eigenvalue weighted by Gasteiger charge is -2.17. The van der Waals surface area contributed by atoms with Crippen molar-refractivity contribution in [3.05, 3.63) is 23.9 Å². The summed E-state index contributed by atoms with van der Waals surface area (Å²) in [5.41, 5.74) is 7.50. The van der Waals surface area contributed by atoms with E-state index in [1.807, 2.05) is 0 Å². The molecule has 1 amide bonds. The van der Waals surface area contributed by atoms with Gasteiger partial charge in [-0.3, -0.25) is 4.79 Å². The fourth-order valence-electron chi connectivity index (χ4n) is 1.24. The number of nitrogens with one attached hydrogen (secondary N) is 1. The Hall–Kier alpha value is -1.62. The molecule has 0 spiro atoms. The first-order valence-corrected chi connectivity index (χ1v) is 3.84. The number of carbonyl (C=O) groups excluding carboxylic acids is 1. The number of carbonyl (C=O) groups is 1. The highest BCUT2D eigenvalue weighted by atomic mass is 16.7. The van der Waals surface area contributed by atoms with E-state index >= 15 is 0 Å². The molecule has 13 heavy (non-hydrogen) atoms. The second-order valence-electron chi connectivity index (χ2n) is 3.05. The van der Waals surface area contributed by atoms with Gasteiger partial charge >= 0.3 is 0 Å². The van der Waals surface area contributed by atoms with Crippen LogP contribution in [0.3, 0.4) is 0 Å². The van der Waals surface area contributed by atoms with Gasteiger partial charge in [-0.2, -0.15) is 0 Å². The average Bonchev–Trinajstić information content (AvgIpc) is 2.47. The van der Waals surface area contributed by atoms with Crippen LogP contribution in [0.5, 0.6) is 5.88 Å². The maximum Gasteiger partial charge on any atom is 0.245 e. The van der Waals surface area contributed by atoms with Crippen molar-refractivity contribution < 1.29 is 9.63 Å². The Labute approximate surface area is 74.9 Å². The van der Waals surface area contributed by atoms with E-state index in [4.69, 9.17) is 10.6 Å². The van der Waals surface area contributed by atoms with Crippen molar-refractivity contribution in [1.82, 2.24) is 10.5 Å². The summed E-state index contributed by atoms with van der Waals surface area (Å²) in [7, 11) is 0. The van der Waals surface area contributed by atoms with Crippen LogP contribution in [-0.2, 0) is 10.3 Å². The zero-order chi connectivity index (χ0) is 9.47. The average molecular weight is 179 g/mol. The lowest BCUT2D eigenvalue weighted by Crippen LogP contribution is -2.47. The van der Waals surface area contributed by atoms with Crippen LogP contribution in [0.1, 0.15) is 12.5 Å².